The maximum atomic E-state index is 11.2. The number of carboxylic acid groups (broad SMARTS) is 1. The van der Waals surface area contributed by atoms with E-state index in [1.165, 1.54) is 5.01 Å². The van der Waals surface area contributed by atoms with Crippen LogP contribution in [0.2, 0.25) is 0 Å². The van der Waals surface area contributed by atoms with Gasteiger partial charge in [0.2, 0.25) is 0 Å². The summed E-state index contributed by atoms with van der Waals surface area (Å²) in [6, 6.07) is 6.97. The highest BCUT2D eigenvalue weighted by molar-refractivity contribution is 6.18. The Morgan fingerprint density at radius 1 is 1.21 bits per heavy atom. The number of carbonyl (C=O) groups is 1. The molecule has 0 bridgehead atoms. The van der Waals surface area contributed by atoms with Gasteiger partial charge in [-0.15, -0.1) is 23.2 Å². The van der Waals surface area contributed by atoms with Gasteiger partial charge in [0.05, 0.1) is 0 Å². The number of hydrazine groups is 1. The number of hydrogen-bond donors (Lipinski definition) is 2. The summed E-state index contributed by atoms with van der Waals surface area (Å²) in [6.07, 6.45) is 1.16. The third-order valence-electron chi connectivity index (χ3n) is 2.86. The molecule has 0 spiro atoms. The van der Waals surface area contributed by atoms with Crippen LogP contribution in [0.5, 0.6) is 0 Å². The van der Waals surface area contributed by atoms with E-state index in [9.17, 15) is 9.90 Å². The largest absolute Gasteiger partial charge is 0.480 e. The zero-order chi connectivity index (χ0) is 14.3. The molecule has 1 rings (SSSR count). The number of hydrogen-bond acceptors (Lipinski definition) is 3. The molecule has 0 aliphatic heterocycles. The van der Waals surface area contributed by atoms with Crippen LogP contribution in [0.15, 0.2) is 24.3 Å². The molecule has 1 atom stereocenters. The Bertz CT molecular complexity index is 398. The van der Waals surface area contributed by atoms with Crippen molar-refractivity contribution in [3.05, 3.63) is 35.4 Å². The molecule has 6 heteroatoms. The van der Waals surface area contributed by atoms with Crippen molar-refractivity contribution in [2.45, 2.75) is 18.9 Å². The fourth-order valence-corrected chi connectivity index (χ4v) is 2.19. The van der Waals surface area contributed by atoms with Gasteiger partial charge < -0.3 is 5.11 Å². The van der Waals surface area contributed by atoms with Crippen LogP contribution in [0.1, 0.15) is 11.1 Å². The maximum Gasteiger partial charge on any atom is 0.322 e. The molecule has 19 heavy (non-hydrogen) atoms. The molecule has 1 aromatic carbocycles. The van der Waals surface area contributed by atoms with Gasteiger partial charge in [-0.3, -0.25) is 10.6 Å². The SMILES string of the molecule is NN(CCCl)[C@@H](Cc1ccc(CCCl)cc1)C(=O)O. The standard InChI is InChI=1S/C13H18Cl2N2O2/c14-6-5-10-1-3-11(4-2-10)9-12(13(18)19)17(16)8-7-15/h1-4,12H,5-9,16H2,(H,18,19)/t12-/m0/s1. The van der Waals surface area contributed by atoms with Crippen LogP contribution >= 0.6 is 23.2 Å². The molecule has 1 aromatic rings. The van der Waals surface area contributed by atoms with Gasteiger partial charge in [-0.25, -0.2) is 5.01 Å². The number of carboxylic acids is 1. The zero-order valence-corrected chi connectivity index (χ0v) is 12.1. The van der Waals surface area contributed by atoms with Crippen molar-refractivity contribution in [1.82, 2.24) is 5.01 Å². The van der Waals surface area contributed by atoms with Gasteiger partial charge in [0.25, 0.3) is 0 Å². The van der Waals surface area contributed by atoms with Crippen molar-refractivity contribution < 1.29 is 9.90 Å². The molecule has 0 saturated carbocycles. The monoisotopic (exact) mass is 304 g/mol. The molecular formula is C13H18Cl2N2O2. The van der Waals surface area contributed by atoms with Gasteiger partial charge in [-0.1, -0.05) is 24.3 Å². The summed E-state index contributed by atoms with van der Waals surface area (Å²) in [5, 5.41) is 10.5. The quantitative estimate of drug-likeness (QED) is 0.437. The normalized spacial score (nSPS) is 12.6. The molecular weight excluding hydrogens is 287 g/mol. The number of halogens is 2. The van der Waals surface area contributed by atoms with Gasteiger partial charge >= 0.3 is 5.97 Å². The second-order valence-corrected chi connectivity index (χ2v) is 5.00. The van der Waals surface area contributed by atoms with E-state index in [0.717, 1.165) is 17.5 Å². The van der Waals surface area contributed by atoms with Crippen molar-refractivity contribution >= 4 is 29.2 Å². The summed E-state index contributed by atoms with van der Waals surface area (Å²) in [7, 11) is 0. The van der Waals surface area contributed by atoms with Gasteiger partial charge in [-0.05, 0) is 24.0 Å². The minimum absolute atomic E-state index is 0.301. The van der Waals surface area contributed by atoms with E-state index >= 15 is 0 Å². The fraction of sp³-hybridized carbons (Fsp3) is 0.462. The lowest BCUT2D eigenvalue weighted by atomic mass is 10.0. The Balaban J connectivity index is 2.70. The van der Waals surface area contributed by atoms with Crippen molar-refractivity contribution in [1.29, 1.82) is 0 Å². The topological polar surface area (TPSA) is 66.6 Å². The Morgan fingerprint density at radius 3 is 2.26 bits per heavy atom. The lowest BCUT2D eigenvalue weighted by Gasteiger charge is -2.23. The summed E-state index contributed by atoms with van der Waals surface area (Å²) in [6.45, 7) is 0.336. The highest BCUT2D eigenvalue weighted by Crippen LogP contribution is 2.10. The van der Waals surface area contributed by atoms with E-state index in [0.29, 0.717) is 24.7 Å². The summed E-state index contributed by atoms with van der Waals surface area (Å²) in [4.78, 5) is 11.2. The molecule has 0 heterocycles. The number of benzene rings is 1. The average Bonchev–Trinajstić information content (AvgIpc) is 2.38. The molecule has 0 amide bonds. The van der Waals surface area contributed by atoms with Crippen molar-refractivity contribution in [3.63, 3.8) is 0 Å². The van der Waals surface area contributed by atoms with Gasteiger partial charge in [0.15, 0.2) is 0 Å². The van der Waals surface area contributed by atoms with Gasteiger partial charge in [0, 0.05) is 18.3 Å². The molecule has 0 saturated heterocycles. The molecule has 0 fully saturated rings. The molecule has 0 radical (unpaired) electrons. The summed E-state index contributed by atoms with van der Waals surface area (Å²) < 4.78 is 0. The number of rotatable bonds is 8. The van der Waals surface area contributed by atoms with Gasteiger partial charge in [0.1, 0.15) is 6.04 Å². The third-order valence-corrected chi connectivity index (χ3v) is 3.22. The summed E-state index contributed by atoms with van der Waals surface area (Å²) in [5.74, 6) is 5.63. The van der Waals surface area contributed by atoms with Crippen LogP contribution in [-0.4, -0.2) is 40.4 Å². The first-order valence-corrected chi connectivity index (χ1v) is 7.09. The second kappa shape index (κ2) is 8.38. The van der Waals surface area contributed by atoms with Crippen molar-refractivity contribution in [2.75, 3.05) is 18.3 Å². The predicted octanol–water partition coefficient (Wildman–Crippen LogP) is 1.88. The Hall–Kier alpha value is -0.810. The zero-order valence-electron chi connectivity index (χ0n) is 10.6. The Labute approximate surface area is 123 Å². The number of nitrogens with zero attached hydrogens (tertiary/aromatic N) is 1. The number of aliphatic carboxylic acids is 1. The van der Waals surface area contributed by atoms with Crippen LogP contribution in [0, 0.1) is 0 Å². The van der Waals surface area contributed by atoms with E-state index in [1.807, 2.05) is 24.3 Å². The molecule has 0 aliphatic rings. The van der Waals surface area contributed by atoms with E-state index in [1.54, 1.807) is 0 Å². The number of aryl methyl sites for hydroxylation is 1. The minimum atomic E-state index is -0.947. The highest BCUT2D eigenvalue weighted by atomic mass is 35.5. The number of nitrogens with two attached hydrogens (primary N) is 1. The number of alkyl halides is 2. The van der Waals surface area contributed by atoms with Crippen molar-refractivity contribution in [2.24, 2.45) is 5.84 Å². The minimum Gasteiger partial charge on any atom is -0.480 e. The van der Waals surface area contributed by atoms with E-state index in [2.05, 4.69) is 0 Å². The molecule has 3 N–H and O–H groups in total. The van der Waals surface area contributed by atoms with Gasteiger partial charge in [-0.2, -0.15) is 0 Å². The average molecular weight is 305 g/mol. The van der Waals surface area contributed by atoms with Crippen LogP contribution in [0.4, 0.5) is 0 Å². The predicted molar refractivity (Wildman–Crippen MR) is 77.6 cm³/mol. The Kier molecular flexibility index (Phi) is 7.16. The summed E-state index contributed by atoms with van der Waals surface area (Å²) in [5.41, 5.74) is 2.06. The van der Waals surface area contributed by atoms with E-state index in [-0.39, 0.29) is 0 Å². The molecule has 4 nitrogen and oxygen atoms in total. The van der Waals surface area contributed by atoms with Crippen LogP contribution in [0.3, 0.4) is 0 Å². The third kappa shape index (κ3) is 5.37. The Morgan fingerprint density at radius 2 is 1.79 bits per heavy atom. The summed E-state index contributed by atoms with van der Waals surface area (Å²) >= 11 is 11.2. The lowest BCUT2D eigenvalue weighted by Crippen LogP contribution is -2.48. The molecule has 0 unspecified atom stereocenters. The molecule has 0 aliphatic carbocycles. The van der Waals surface area contributed by atoms with Crippen molar-refractivity contribution in [3.8, 4) is 0 Å². The first-order valence-electron chi connectivity index (χ1n) is 6.02. The smallest absolute Gasteiger partial charge is 0.322 e. The fourth-order valence-electron chi connectivity index (χ4n) is 1.77. The maximum absolute atomic E-state index is 11.2. The molecule has 0 aromatic heterocycles. The van der Waals surface area contributed by atoms with Crippen LogP contribution in [0.25, 0.3) is 0 Å². The lowest BCUT2D eigenvalue weighted by molar-refractivity contribution is -0.143. The second-order valence-electron chi connectivity index (χ2n) is 4.24. The van der Waals surface area contributed by atoms with Crippen LogP contribution < -0.4 is 5.84 Å². The van der Waals surface area contributed by atoms with E-state index in [4.69, 9.17) is 29.0 Å². The van der Waals surface area contributed by atoms with E-state index < -0.39 is 12.0 Å². The van der Waals surface area contributed by atoms with Crippen LogP contribution in [-0.2, 0) is 17.6 Å². The highest BCUT2D eigenvalue weighted by Gasteiger charge is 2.23. The molecule has 106 valence electrons. The first-order chi connectivity index (χ1) is 9.08. The first kappa shape index (κ1) is 16.2.